The fourth-order valence-electron chi connectivity index (χ4n) is 2.98. The molecule has 0 aliphatic carbocycles. The van der Waals surface area contributed by atoms with Crippen LogP contribution in [0, 0.1) is 5.92 Å². The molecule has 0 aromatic heterocycles. The molecule has 3 N–H and O–H groups in total. The number of ether oxygens (including phenoxy) is 1. The van der Waals surface area contributed by atoms with Crippen LogP contribution in [0.1, 0.15) is 39.2 Å². The van der Waals surface area contributed by atoms with Gasteiger partial charge in [0.25, 0.3) is 5.91 Å². The van der Waals surface area contributed by atoms with E-state index in [-0.39, 0.29) is 18.9 Å². The molecule has 168 valence electrons. The number of alkyl carbamates (subject to hydrolysis) is 1. The maximum Gasteiger partial charge on any atom is 0.408 e. The van der Waals surface area contributed by atoms with Crippen molar-refractivity contribution in [3.05, 3.63) is 35.9 Å². The van der Waals surface area contributed by atoms with E-state index in [4.69, 9.17) is 14.7 Å². The summed E-state index contributed by atoms with van der Waals surface area (Å²) < 4.78 is 5.24. The normalized spacial score (nSPS) is 17.2. The van der Waals surface area contributed by atoms with Crippen molar-refractivity contribution in [1.29, 1.82) is 0 Å². The van der Waals surface area contributed by atoms with Crippen LogP contribution in [-0.2, 0) is 30.6 Å². The molecule has 0 radical (unpaired) electrons. The number of Topliss-reactive ketones (excluding diaryl/α,β-unsaturated/α-hetero) is 1. The van der Waals surface area contributed by atoms with Crippen LogP contribution >= 0.6 is 0 Å². The van der Waals surface area contributed by atoms with Crippen LogP contribution in [0.4, 0.5) is 4.79 Å². The molecule has 10 heteroatoms. The van der Waals surface area contributed by atoms with E-state index < -0.39 is 48.4 Å². The number of hydrogen-bond donors (Lipinski definition) is 3. The van der Waals surface area contributed by atoms with Gasteiger partial charge in [-0.05, 0) is 18.4 Å². The fourth-order valence-corrected chi connectivity index (χ4v) is 2.98. The number of carboxylic acids is 1. The number of nitrogens with zero attached hydrogens (tertiary/aromatic N) is 1. The SMILES string of the molecule is CC(=O)C(CC(=O)O)NC(=O)C1CC(C(NC(=O)OCc2ccccc2)C(C)C)=NO1. The van der Waals surface area contributed by atoms with Gasteiger partial charge in [-0.25, -0.2) is 4.79 Å². The summed E-state index contributed by atoms with van der Waals surface area (Å²) in [5.41, 5.74) is 1.29. The number of aliphatic carboxylic acids is 1. The Hall–Kier alpha value is -3.43. The molecule has 3 unspecified atom stereocenters. The molecule has 0 spiro atoms. The Morgan fingerprint density at radius 3 is 2.45 bits per heavy atom. The Kier molecular flexibility index (Phi) is 8.53. The third-order valence-corrected chi connectivity index (χ3v) is 4.68. The largest absolute Gasteiger partial charge is 0.481 e. The number of amides is 2. The van der Waals surface area contributed by atoms with Gasteiger partial charge in [0.05, 0.1) is 24.2 Å². The molecular weight excluding hydrogens is 406 g/mol. The second-order valence-corrected chi connectivity index (χ2v) is 7.58. The van der Waals surface area contributed by atoms with E-state index in [2.05, 4.69) is 15.8 Å². The van der Waals surface area contributed by atoms with Gasteiger partial charge in [-0.3, -0.25) is 14.4 Å². The van der Waals surface area contributed by atoms with Gasteiger partial charge < -0.3 is 25.3 Å². The van der Waals surface area contributed by atoms with E-state index in [0.717, 1.165) is 5.56 Å². The Morgan fingerprint density at radius 1 is 1.19 bits per heavy atom. The summed E-state index contributed by atoms with van der Waals surface area (Å²) in [5.74, 6) is -2.39. The van der Waals surface area contributed by atoms with Gasteiger partial charge >= 0.3 is 12.1 Å². The van der Waals surface area contributed by atoms with Gasteiger partial charge in [0, 0.05) is 6.42 Å². The van der Waals surface area contributed by atoms with Crippen molar-refractivity contribution in [3.63, 3.8) is 0 Å². The molecular formula is C21H27N3O7. The van der Waals surface area contributed by atoms with E-state index in [1.54, 1.807) is 0 Å². The highest BCUT2D eigenvalue weighted by Crippen LogP contribution is 2.18. The molecule has 0 saturated heterocycles. The molecule has 10 nitrogen and oxygen atoms in total. The van der Waals surface area contributed by atoms with Crippen LogP contribution in [0.5, 0.6) is 0 Å². The van der Waals surface area contributed by atoms with E-state index >= 15 is 0 Å². The predicted molar refractivity (Wildman–Crippen MR) is 110 cm³/mol. The minimum atomic E-state index is -1.21. The quantitative estimate of drug-likeness (QED) is 0.509. The van der Waals surface area contributed by atoms with Crippen molar-refractivity contribution in [2.45, 2.75) is 58.4 Å². The summed E-state index contributed by atoms with van der Waals surface area (Å²) in [5, 5.41) is 17.9. The highest BCUT2D eigenvalue weighted by molar-refractivity contribution is 5.98. The molecule has 0 fully saturated rings. The third kappa shape index (κ3) is 7.40. The third-order valence-electron chi connectivity index (χ3n) is 4.68. The highest BCUT2D eigenvalue weighted by Gasteiger charge is 2.35. The molecule has 1 aliphatic rings. The average Bonchev–Trinajstić information content (AvgIpc) is 3.20. The van der Waals surface area contributed by atoms with E-state index in [9.17, 15) is 19.2 Å². The van der Waals surface area contributed by atoms with Gasteiger partial charge in [-0.2, -0.15) is 0 Å². The number of benzene rings is 1. The smallest absolute Gasteiger partial charge is 0.408 e. The Labute approximate surface area is 180 Å². The lowest BCUT2D eigenvalue weighted by molar-refractivity contribution is -0.141. The molecule has 0 bridgehead atoms. The molecule has 2 rings (SSSR count). The highest BCUT2D eigenvalue weighted by atomic mass is 16.6. The first-order chi connectivity index (χ1) is 14.7. The standard InChI is InChI=1S/C21H27N3O7/c1-12(2)19(23-21(29)30-11-14-7-5-4-6-8-14)16-9-17(31-24-16)20(28)22-15(13(3)25)10-18(26)27/h4-8,12,15,17,19H,9-11H2,1-3H3,(H,22,28)(H,23,29)(H,26,27). The molecule has 1 heterocycles. The second kappa shape index (κ2) is 11.1. The number of carbonyl (C=O) groups excluding carboxylic acids is 3. The molecule has 1 aliphatic heterocycles. The van der Waals surface area contributed by atoms with Gasteiger partial charge in [-0.15, -0.1) is 0 Å². The number of nitrogens with one attached hydrogen (secondary N) is 2. The Bertz CT molecular complexity index is 839. The average molecular weight is 433 g/mol. The van der Waals surface area contributed by atoms with Crippen LogP contribution in [0.25, 0.3) is 0 Å². The number of ketones is 1. The first-order valence-corrected chi connectivity index (χ1v) is 9.89. The minimum Gasteiger partial charge on any atom is -0.481 e. The number of carbonyl (C=O) groups is 4. The molecule has 3 atom stereocenters. The maximum atomic E-state index is 12.4. The zero-order chi connectivity index (χ0) is 23.0. The van der Waals surface area contributed by atoms with Gasteiger partial charge in [0.15, 0.2) is 5.78 Å². The number of carboxylic acid groups (broad SMARTS) is 1. The Morgan fingerprint density at radius 2 is 1.87 bits per heavy atom. The lowest BCUT2D eigenvalue weighted by atomic mass is 9.95. The van der Waals surface area contributed by atoms with Crippen molar-refractivity contribution in [1.82, 2.24) is 10.6 Å². The predicted octanol–water partition coefficient (Wildman–Crippen LogP) is 1.63. The second-order valence-electron chi connectivity index (χ2n) is 7.58. The number of rotatable bonds is 10. The van der Waals surface area contributed by atoms with Gasteiger partial charge in [0.2, 0.25) is 6.10 Å². The summed E-state index contributed by atoms with van der Waals surface area (Å²) in [6.07, 6.45) is -2.08. The summed E-state index contributed by atoms with van der Waals surface area (Å²) in [6.45, 7) is 5.06. The molecule has 1 aromatic rings. The van der Waals surface area contributed by atoms with Crippen LogP contribution in [-0.4, -0.2) is 52.8 Å². The fraction of sp³-hybridized carbons (Fsp3) is 0.476. The number of hydrogen-bond acceptors (Lipinski definition) is 7. The topological polar surface area (TPSA) is 143 Å². The van der Waals surface area contributed by atoms with Crippen molar-refractivity contribution in [2.24, 2.45) is 11.1 Å². The van der Waals surface area contributed by atoms with Crippen LogP contribution in [0.2, 0.25) is 0 Å². The maximum absolute atomic E-state index is 12.4. The van der Waals surface area contributed by atoms with Crippen molar-refractivity contribution in [3.8, 4) is 0 Å². The first kappa shape index (κ1) is 23.8. The van der Waals surface area contributed by atoms with Crippen molar-refractivity contribution >= 4 is 29.5 Å². The van der Waals surface area contributed by atoms with E-state index in [1.165, 1.54) is 6.92 Å². The summed E-state index contributed by atoms with van der Waals surface area (Å²) >= 11 is 0. The number of oxime groups is 1. The monoisotopic (exact) mass is 433 g/mol. The zero-order valence-corrected chi connectivity index (χ0v) is 17.7. The van der Waals surface area contributed by atoms with Crippen LogP contribution < -0.4 is 10.6 Å². The Balaban J connectivity index is 1.91. The molecule has 1 aromatic carbocycles. The summed E-state index contributed by atoms with van der Waals surface area (Å²) in [7, 11) is 0. The van der Waals surface area contributed by atoms with Gasteiger partial charge in [0.1, 0.15) is 6.61 Å². The molecule has 2 amide bonds. The van der Waals surface area contributed by atoms with Crippen LogP contribution in [0.15, 0.2) is 35.5 Å². The lowest BCUT2D eigenvalue weighted by Gasteiger charge is -2.21. The van der Waals surface area contributed by atoms with Gasteiger partial charge in [-0.1, -0.05) is 49.3 Å². The first-order valence-electron chi connectivity index (χ1n) is 9.89. The minimum absolute atomic E-state index is 0.0644. The van der Waals surface area contributed by atoms with Crippen LogP contribution in [0.3, 0.4) is 0 Å². The summed E-state index contributed by atoms with van der Waals surface area (Å²) in [6, 6.07) is 7.55. The molecule has 31 heavy (non-hydrogen) atoms. The van der Waals surface area contributed by atoms with Crippen molar-refractivity contribution < 1.29 is 33.9 Å². The van der Waals surface area contributed by atoms with Crippen molar-refractivity contribution in [2.75, 3.05) is 0 Å². The molecule has 0 saturated carbocycles. The zero-order valence-electron chi connectivity index (χ0n) is 17.7. The van der Waals surface area contributed by atoms with E-state index in [0.29, 0.717) is 5.71 Å². The van der Waals surface area contributed by atoms with E-state index in [1.807, 2.05) is 44.2 Å². The lowest BCUT2D eigenvalue weighted by Crippen LogP contribution is -2.47. The summed E-state index contributed by atoms with van der Waals surface area (Å²) in [4.78, 5) is 52.2.